The molecule has 1 aromatic rings. The van der Waals surface area contributed by atoms with Crippen molar-refractivity contribution in [3.05, 3.63) is 24.2 Å². The lowest BCUT2D eigenvalue weighted by molar-refractivity contribution is 0.171. The molecular formula is C16H28N2O. The van der Waals surface area contributed by atoms with Crippen LogP contribution in [-0.4, -0.2) is 30.1 Å². The van der Waals surface area contributed by atoms with Crippen molar-refractivity contribution >= 4 is 0 Å². The van der Waals surface area contributed by atoms with Gasteiger partial charge in [-0.15, -0.1) is 0 Å². The van der Waals surface area contributed by atoms with Gasteiger partial charge in [-0.05, 0) is 44.9 Å². The third kappa shape index (κ3) is 5.00. The predicted octanol–water partition coefficient (Wildman–Crippen LogP) is 3.41. The first-order chi connectivity index (χ1) is 9.31. The summed E-state index contributed by atoms with van der Waals surface area (Å²) in [6.07, 6.45) is 8.39. The Bertz CT molecular complexity index is 333. The summed E-state index contributed by atoms with van der Waals surface area (Å²) in [6.45, 7) is 7.77. The van der Waals surface area contributed by atoms with Crippen molar-refractivity contribution in [1.82, 2.24) is 10.2 Å². The quantitative estimate of drug-likeness (QED) is 0.656. The third-order valence-corrected chi connectivity index (χ3v) is 3.90. The van der Waals surface area contributed by atoms with Crippen LogP contribution >= 0.6 is 0 Å². The molecule has 0 aromatic carbocycles. The van der Waals surface area contributed by atoms with E-state index < -0.39 is 0 Å². The van der Waals surface area contributed by atoms with Crippen molar-refractivity contribution in [2.24, 2.45) is 0 Å². The number of unbranched alkanes of at least 4 members (excludes halogenated alkanes) is 2. The summed E-state index contributed by atoms with van der Waals surface area (Å²) in [5.74, 6) is 1.09. The highest BCUT2D eigenvalue weighted by atomic mass is 16.3. The molecule has 1 unspecified atom stereocenters. The normalized spacial score (nSPS) is 17.0. The zero-order chi connectivity index (χ0) is 13.5. The van der Waals surface area contributed by atoms with Crippen LogP contribution in [0.25, 0.3) is 0 Å². The average Bonchev–Trinajstić information content (AvgIpc) is 3.12. The highest BCUT2D eigenvalue weighted by Crippen LogP contribution is 2.30. The van der Waals surface area contributed by atoms with Crippen LogP contribution in [0.1, 0.15) is 51.7 Å². The van der Waals surface area contributed by atoms with E-state index in [1.807, 2.05) is 6.07 Å². The highest BCUT2D eigenvalue weighted by molar-refractivity contribution is 5.00. The summed E-state index contributed by atoms with van der Waals surface area (Å²) in [4.78, 5) is 2.59. The first-order valence-electron chi connectivity index (χ1n) is 7.80. The fourth-order valence-electron chi connectivity index (χ4n) is 2.56. The zero-order valence-corrected chi connectivity index (χ0v) is 12.4. The summed E-state index contributed by atoms with van der Waals surface area (Å²) in [5.41, 5.74) is 0. The van der Waals surface area contributed by atoms with E-state index >= 15 is 0 Å². The van der Waals surface area contributed by atoms with Crippen LogP contribution in [0.15, 0.2) is 22.8 Å². The standard InChI is InChI=1S/C16H28N2O/c1-3-4-5-10-17-12-14(2)18(15-8-9-15)13-16-7-6-11-19-16/h6-7,11,14-15,17H,3-5,8-10,12-13H2,1-2H3. The van der Waals surface area contributed by atoms with Crippen LogP contribution < -0.4 is 5.32 Å². The van der Waals surface area contributed by atoms with Crippen molar-refractivity contribution in [3.63, 3.8) is 0 Å². The van der Waals surface area contributed by atoms with Gasteiger partial charge in [0.2, 0.25) is 0 Å². The molecule has 1 aliphatic carbocycles. The molecule has 0 saturated heterocycles. The van der Waals surface area contributed by atoms with Gasteiger partial charge in [-0.25, -0.2) is 0 Å². The Labute approximate surface area is 117 Å². The summed E-state index contributed by atoms with van der Waals surface area (Å²) >= 11 is 0. The number of rotatable bonds is 10. The minimum atomic E-state index is 0.583. The molecule has 1 saturated carbocycles. The topological polar surface area (TPSA) is 28.4 Å². The van der Waals surface area contributed by atoms with Crippen molar-refractivity contribution in [2.75, 3.05) is 13.1 Å². The molecule has 1 aliphatic rings. The van der Waals surface area contributed by atoms with E-state index in [1.165, 1.54) is 32.1 Å². The van der Waals surface area contributed by atoms with Gasteiger partial charge in [0.1, 0.15) is 5.76 Å². The van der Waals surface area contributed by atoms with Crippen LogP contribution in [0.4, 0.5) is 0 Å². The van der Waals surface area contributed by atoms with Gasteiger partial charge < -0.3 is 9.73 Å². The molecule has 3 heteroatoms. The number of nitrogens with one attached hydrogen (secondary N) is 1. The molecule has 1 aromatic heterocycles. The van der Waals surface area contributed by atoms with Crippen LogP contribution in [0.3, 0.4) is 0 Å². The number of hydrogen-bond donors (Lipinski definition) is 1. The molecule has 0 spiro atoms. The minimum absolute atomic E-state index is 0.583. The highest BCUT2D eigenvalue weighted by Gasteiger charge is 2.32. The SMILES string of the molecule is CCCCCNCC(C)N(Cc1ccco1)C1CC1. The Kier molecular flexibility index (Phi) is 5.93. The number of furan rings is 1. The van der Waals surface area contributed by atoms with Gasteiger partial charge in [0.15, 0.2) is 0 Å². The zero-order valence-electron chi connectivity index (χ0n) is 12.4. The molecule has 0 aliphatic heterocycles. The molecule has 3 nitrogen and oxygen atoms in total. The molecular weight excluding hydrogens is 236 g/mol. The van der Waals surface area contributed by atoms with Gasteiger partial charge in [-0.2, -0.15) is 0 Å². The van der Waals surface area contributed by atoms with E-state index in [-0.39, 0.29) is 0 Å². The average molecular weight is 264 g/mol. The molecule has 1 heterocycles. The Balaban J connectivity index is 1.72. The maximum Gasteiger partial charge on any atom is 0.117 e. The predicted molar refractivity (Wildman–Crippen MR) is 79.1 cm³/mol. The van der Waals surface area contributed by atoms with Gasteiger partial charge in [0.05, 0.1) is 12.8 Å². The second-order valence-electron chi connectivity index (χ2n) is 5.74. The lowest BCUT2D eigenvalue weighted by atomic mass is 10.2. The molecule has 1 atom stereocenters. The van der Waals surface area contributed by atoms with Gasteiger partial charge >= 0.3 is 0 Å². The minimum Gasteiger partial charge on any atom is -0.468 e. The molecule has 0 radical (unpaired) electrons. The summed E-state index contributed by atoms with van der Waals surface area (Å²) in [5, 5.41) is 3.59. The fraction of sp³-hybridized carbons (Fsp3) is 0.750. The lowest BCUT2D eigenvalue weighted by Gasteiger charge is -2.28. The summed E-state index contributed by atoms with van der Waals surface area (Å²) < 4.78 is 5.49. The van der Waals surface area contributed by atoms with Crippen molar-refractivity contribution in [2.45, 2.75) is 64.6 Å². The third-order valence-electron chi connectivity index (χ3n) is 3.90. The second kappa shape index (κ2) is 7.71. The van der Waals surface area contributed by atoms with Gasteiger partial charge in [-0.3, -0.25) is 4.90 Å². The van der Waals surface area contributed by atoms with E-state index in [0.717, 1.165) is 31.4 Å². The summed E-state index contributed by atoms with van der Waals surface area (Å²) in [6, 6.07) is 5.42. The van der Waals surface area contributed by atoms with Gasteiger partial charge in [-0.1, -0.05) is 19.8 Å². The number of nitrogens with zero attached hydrogens (tertiary/aromatic N) is 1. The van der Waals surface area contributed by atoms with E-state index in [9.17, 15) is 0 Å². The lowest BCUT2D eigenvalue weighted by Crippen LogP contribution is -2.41. The smallest absolute Gasteiger partial charge is 0.117 e. The van der Waals surface area contributed by atoms with Crippen LogP contribution in [0.5, 0.6) is 0 Å². The van der Waals surface area contributed by atoms with Crippen molar-refractivity contribution in [3.8, 4) is 0 Å². The monoisotopic (exact) mass is 264 g/mol. The molecule has 1 N–H and O–H groups in total. The first-order valence-corrected chi connectivity index (χ1v) is 7.80. The van der Waals surface area contributed by atoms with E-state index in [4.69, 9.17) is 4.42 Å². The largest absolute Gasteiger partial charge is 0.468 e. The second-order valence-corrected chi connectivity index (χ2v) is 5.74. The molecule has 19 heavy (non-hydrogen) atoms. The van der Waals surface area contributed by atoms with Gasteiger partial charge in [0.25, 0.3) is 0 Å². The number of hydrogen-bond acceptors (Lipinski definition) is 3. The molecule has 0 amide bonds. The first kappa shape index (κ1) is 14.6. The van der Waals surface area contributed by atoms with Crippen LogP contribution in [-0.2, 0) is 6.54 Å². The maximum absolute atomic E-state index is 5.49. The fourth-order valence-corrected chi connectivity index (χ4v) is 2.56. The van der Waals surface area contributed by atoms with E-state index in [0.29, 0.717) is 6.04 Å². The van der Waals surface area contributed by atoms with E-state index in [1.54, 1.807) is 6.26 Å². The van der Waals surface area contributed by atoms with Crippen LogP contribution in [0, 0.1) is 0 Å². The Hall–Kier alpha value is -0.800. The van der Waals surface area contributed by atoms with Crippen molar-refractivity contribution in [1.29, 1.82) is 0 Å². The summed E-state index contributed by atoms with van der Waals surface area (Å²) in [7, 11) is 0. The van der Waals surface area contributed by atoms with Gasteiger partial charge in [0, 0.05) is 18.6 Å². The Morgan fingerprint density at radius 3 is 2.89 bits per heavy atom. The molecule has 108 valence electrons. The maximum atomic E-state index is 5.49. The van der Waals surface area contributed by atoms with Crippen LogP contribution in [0.2, 0.25) is 0 Å². The Morgan fingerprint density at radius 1 is 1.42 bits per heavy atom. The Morgan fingerprint density at radius 2 is 2.26 bits per heavy atom. The molecule has 1 fully saturated rings. The van der Waals surface area contributed by atoms with E-state index in [2.05, 4.69) is 30.1 Å². The van der Waals surface area contributed by atoms with Crippen molar-refractivity contribution < 1.29 is 4.42 Å². The molecule has 2 rings (SSSR count). The molecule has 0 bridgehead atoms.